The van der Waals surface area contributed by atoms with Crippen molar-refractivity contribution >= 4 is 21.1 Å². The fraction of sp³-hybridized carbons (Fsp3) is 0.538. The molecule has 3 aromatic rings. The number of ether oxygens (including phenoxy) is 1. The lowest BCUT2D eigenvalue weighted by molar-refractivity contribution is -0.758. The number of hydrogen-bond acceptors (Lipinski definition) is 8. The number of sulfonamides is 1. The third-order valence-corrected chi connectivity index (χ3v) is 8.92. The number of fused-ring (bicyclic) bond motifs is 1. The molecule has 0 unspecified atom stereocenters. The zero-order valence-electron chi connectivity index (χ0n) is 22.5. The molecule has 39 heavy (non-hydrogen) atoms. The quantitative estimate of drug-likeness (QED) is 0.260. The highest BCUT2D eigenvalue weighted by atomic mass is 32.2. The van der Waals surface area contributed by atoms with E-state index in [1.165, 1.54) is 16.4 Å². The summed E-state index contributed by atoms with van der Waals surface area (Å²) >= 11 is 0. The number of aromatic nitrogens is 3. The zero-order chi connectivity index (χ0) is 28.2. The second-order valence-corrected chi connectivity index (χ2v) is 11.8. The van der Waals surface area contributed by atoms with Crippen molar-refractivity contribution in [1.29, 1.82) is 0 Å². The van der Waals surface area contributed by atoms with E-state index in [0.717, 1.165) is 24.8 Å². The topological polar surface area (TPSA) is 150 Å². The minimum absolute atomic E-state index is 0.00390. The molecule has 0 saturated carbocycles. The first-order valence-electron chi connectivity index (χ1n) is 13.3. The van der Waals surface area contributed by atoms with Gasteiger partial charge in [-0.3, -0.25) is 4.79 Å². The van der Waals surface area contributed by atoms with Crippen molar-refractivity contribution in [3.05, 3.63) is 50.4 Å². The Bertz CT molecular complexity index is 1490. The summed E-state index contributed by atoms with van der Waals surface area (Å²) in [6.07, 6.45) is 5.99. The van der Waals surface area contributed by atoms with Gasteiger partial charge in [0.05, 0.1) is 29.2 Å². The molecule has 1 aliphatic rings. The molecule has 0 spiro atoms. The molecule has 212 valence electrons. The van der Waals surface area contributed by atoms with Crippen molar-refractivity contribution in [1.82, 2.24) is 18.8 Å². The molecule has 1 aliphatic heterocycles. The Morgan fingerprint density at radius 3 is 2.59 bits per heavy atom. The van der Waals surface area contributed by atoms with Crippen LogP contribution in [-0.4, -0.2) is 58.6 Å². The van der Waals surface area contributed by atoms with Crippen LogP contribution in [0.25, 0.3) is 22.4 Å². The summed E-state index contributed by atoms with van der Waals surface area (Å²) in [4.78, 5) is 35.6. The number of aryl methyl sites for hydroxylation is 2. The molecule has 13 heteroatoms. The van der Waals surface area contributed by atoms with E-state index < -0.39 is 15.1 Å². The maximum absolute atomic E-state index is 13.6. The van der Waals surface area contributed by atoms with Crippen molar-refractivity contribution in [2.45, 2.75) is 57.3 Å². The summed E-state index contributed by atoms with van der Waals surface area (Å²) in [5, 5.41) is 9.57. The molecule has 0 amide bonds. The summed E-state index contributed by atoms with van der Waals surface area (Å²) in [5.74, 6) is 0.848. The minimum atomic E-state index is -3.84. The number of nitrogens with zero attached hydrogens (tertiary/aromatic N) is 4. The number of benzene rings is 1. The maximum atomic E-state index is 13.6. The van der Waals surface area contributed by atoms with E-state index in [9.17, 15) is 23.3 Å². The standard InChI is InChI=1S/C26H35N5O7S/c1-4-6-19-17-29(3)24-23(19)27-25(28-26(24)32)21-16-20(7-8-22(21)37-14-5-2)39(35,36)30-12-9-18(10-13-30)11-15-38-31(33)34/h7-8,16-18H,4-6,9-15H2,1-3H3,(H,27,28,32). The molecular formula is C26H35N5O7S. The lowest BCUT2D eigenvalue weighted by atomic mass is 9.95. The number of H-pyrrole nitrogens is 1. The van der Waals surface area contributed by atoms with Gasteiger partial charge >= 0.3 is 0 Å². The van der Waals surface area contributed by atoms with Gasteiger partial charge in [0.25, 0.3) is 10.6 Å². The number of hydrogen-bond donors (Lipinski definition) is 1. The molecular weight excluding hydrogens is 526 g/mol. The van der Waals surface area contributed by atoms with Crippen LogP contribution in [0.4, 0.5) is 0 Å². The van der Waals surface area contributed by atoms with Gasteiger partial charge in [-0.25, -0.2) is 13.4 Å². The predicted molar refractivity (Wildman–Crippen MR) is 146 cm³/mol. The van der Waals surface area contributed by atoms with Crippen molar-refractivity contribution < 1.29 is 23.1 Å². The fourth-order valence-corrected chi connectivity index (χ4v) is 6.53. The van der Waals surface area contributed by atoms with E-state index in [0.29, 0.717) is 61.3 Å². The monoisotopic (exact) mass is 561 g/mol. The van der Waals surface area contributed by atoms with Crippen molar-refractivity contribution in [2.75, 3.05) is 26.3 Å². The Kier molecular flexibility index (Phi) is 8.90. The molecule has 3 heterocycles. The smallest absolute Gasteiger partial charge is 0.294 e. The Labute approximate surface area is 227 Å². The Balaban J connectivity index is 1.67. The maximum Gasteiger partial charge on any atom is 0.294 e. The van der Waals surface area contributed by atoms with E-state index in [-0.39, 0.29) is 28.8 Å². The molecule has 1 fully saturated rings. The van der Waals surface area contributed by atoms with E-state index in [2.05, 4.69) is 16.7 Å². The number of aromatic amines is 1. The Morgan fingerprint density at radius 2 is 1.92 bits per heavy atom. The van der Waals surface area contributed by atoms with Crippen LogP contribution in [-0.2, 0) is 28.3 Å². The highest BCUT2D eigenvalue weighted by molar-refractivity contribution is 7.89. The molecule has 0 atom stereocenters. The number of piperidine rings is 1. The largest absolute Gasteiger partial charge is 0.493 e. The zero-order valence-corrected chi connectivity index (χ0v) is 23.3. The van der Waals surface area contributed by atoms with Gasteiger partial charge in [-0.2, -0.15) is 4.31 Å². The number of nitrogens with one attached hydrogen (secondary N) is 1. The second-order valence-electron chi connectivity index (χ2n) is 9.83. The average Bonchev–Trinajstić information content (AvgIpc) is 3.23. The Hall–Kier alpha value is -3.45. The molecule has 12 nitrogen and oxygen atoms in total. The molecule has 2 aromatic heterocycles. The first kappa shape index (κ1) is 28.6. The van der Waals surface area contributed by atoms with Crippen LogP contribution in [0.15, 0.2) is 34.1 Å². The molecule has 0 radical (unpaired) electrons. The van der Waals surface area contributed by atoms with Crippen molar-refractivity contribution in [2.24, 2.45) is 13.0 Å². The summed E-state index contributed by atoms with van der Waals surface area (Å²) in [6, 6.07) is 4.65. The van der Waals surface area contributed by atoms with Crippen LogP contribution >= 0.6 is 0 Å². The van der Waals surface area contributed by atoms with Crippen molar-refractivity contribution in [3.8, 4) is 17.1 Å². The third kappa shape index (κ3) is 6.25. The van der Waals surface area contributed by atoms with Crippen molar-refractivity contribution in [3.63, 3.8) is 0 Å². The van der Waals surface area contributed by atoms with Gasteiger partial charge in [0.2, 0.25) is 10.0 Å². The second kappa shape index (κ2) is 12.2. The van der Waals surface area contributed by atoms with E-state index in [1.54, 1.807) is 17.7 Å². The SMILES string of the molecule is CCCOc1ccc(S(=O)(=O)N2CCC(CCO[N+](=O)[O-])CC2)cc1-c1nc2c(CCC)cn(C)c2c(=O)[nH]1. The summed E-state index contributed by atoms with van der Waals surface area (Å²) in [7, 11) is -2.03. The van der Waals surface area contributed by atoms with E-state index >= 15 is 0 Å². The van der Waals surface area contributed by atoms with Gasteiger partial charge in [-0.15, -0.1) is 10.1 Å². The highest BCUT2D eigenvalue weighted by Gasteiger charge is 2.30. The molecule has 1 saturated heterocycles. The summed E-state index contributed by atoms with van der Waals surface area (Å²) in [6.45, 7) is 5.07. The van der Waals surface area contributed by atoms with Crippen LogP contribution in [0.2, 0.25) is 0 Å². The Morgan fingerprint density at radius 1 is 1.18 bits per heavy atom. The fourth-order valence-electron chi connectivity index (χ4n) is 5.03. The van der Waals surface area contributed by atoms with Crippen LogP contribution < -0.4 is 10.3 Å². The minimum Gasteiger partial charge on any atom is -0.493 e. The van der Waals surface area contributed by atoms with Crippen LogP contribution in [0.3, 0.4) is 0 Å². The molecule has 4 rings (SSSR count). The first-order valence-corrected chi connectivity index (χ1v) is 14.7. The van der Waals surface area contributed by atoms with Gasteiger partial charge in [0.1, 0.15) is 17.1 Å². The molecule has 0 aliphatic carbocycles. The summed E-state index contributed by atoms with van der Waals surface area (Å²) < 4.78 is 36.3. The van der Waals surface area contributed by atoms with Gasteiger partial charge in [-0.1, -0.05) is 20.3 Å². The normalized spacial score (nSPS) is 15.1. The first-order chi connectivity index (χ1) is 18.6. The van der Waals surface area contributed by atoms with Crippen LogP contribution in [0.1, 0.15) is 51.5 Å². The lowest BCUT2D eigenvalue weighted by Gasteiger charge is -2.31. The highest BCUT2D eigenvalue weighted by Crippen LogP contribution is 2.33. The van der Waals surface area contributed by atoms with Gasteiger partial charge < -0.3 is 19.1 Å². The van der Waals surface area contributed by atoms with Gasteiger partial charge in [0.15, 0.2) is 0 Å². The van der Waals surface area contributed by atoms with E-state index in [4.69, 9.17) is 9.72 Å². The van der Waals surface area contributed by atoms with E-state index in [1.807, 2.05) is 13.1 Å². The molecule has 1 aromatic carbocycles. The van der Waals surface area contributed by atoms with Gasteiger partial charge in [-0.05, 0) is 61.8 Å². The molecule has 0 bridgehead atoms. The summed E-state index contributed by atoms with van der Waals surface area (Å²) in [5.41, 5.74) is 2.11. The lowest BCUT2D eigenvalue weighted by Crippen LogP contribution is -2.38. The third-order valence-electron chi connectivity index (χ3n) is 7.02. The number of rotatable bonds is 12. The van der Waals surface area contributed by atoms with Crippen LogP contribution in [0.5, 0.6) is 5.75 Å². The van der Waals surface area contributed by atoms with Gasteiger partial charge in [0, 0.05) is 26.3 Å². The predicted octanol–water partition coefficient (Wildman–Crippen LogP) is 3.67. The van der Waals surface area contributed by atoms with Crippen LogP contribution in [0, 0.1) is 16.0 Å². The molecule has 1 N–H and O–H groups in total. The average molecular weight is 562 g/mol.